The Kier molecular flexibility index (Phi) is 8.68. The Morgan fingerprint density at radius 2 is 1.73 bits per heavy atom. The first-order valence-electron chi connectivity index (χ1n) is 11.5. The van der Waals surface area contributed by atoms with Gasteiger partial charge in [-0.25, -0.2) is 4.79 Å². The number of carbonyl (C=O) groups is 2. The minimum Gasteiger partial charge on any atom is -0.497 e. The summed E-state index contributed by atoms with van der Waals surface area (Å²) in [5, 5.41) is 0. The number of anilines is 1. The van der Waals surface area contributed by atoms with Gasteiger partial charge in [-0.3, -0.25) is 4.79 Å². The molecule has 0 aromatic heterocycles. The van der Waals surface area contributed by atoms with Crippen molar-refractivity contribution in [2.24, 2.45) is 0 Å². The third-order valence-electron chi connectivity index (χ3n) is 5.56. The van der Waals surface area contributed by atoms with Crippen LogP contribution in [0.1, 0.15) is 49.9 Å². The highest BCUT2D eigenvalue weighted by Gasteiger charge is 2.23. The number of ether oxygens (including phenoxy) is 2. The van der Waals surface area contributed by atoms with Gasteiger partial charge in [-0.1, -0.05) is 42.1 Å². The van der Waals surface area contributed by atoms with Crippen molar-refractivity contribution in [1.82, 2.24) is 0 Å². The molecule has 3 rings (SSSR count). The molecule has 33 heavy (non-hydrogen) atoms. The van der Waals surface area contributed by atoms with E-state index in [9.17, 15) is 9.59 Å². The summed E-state index contributed by atoms with van der Waals surface area (Å²) >= 11 is 0. The van der Waals surface area contributed by atoms with Crippen molar-refractivity contribution in [3.05, 3.63) is 88.8 Å². The van der Waals surface area contributed by atoms with E-state index in [1.807, 2.05) is 54.3 Å². The molecule has 0 bridgehead atoms. The van der Waals surface area contributed by atoms with Gasteiger partial charge >= 0.3 is 5.97 Å². The molecule has 5 nitrogen and oxygen atoms in total. The van der Waals surface area contributed by atoms with Crippen molar-refractivity contribution >= 4 is 17.4 Å². The molecule has 0 atom stereocenters. The van der Waals surface area contributed by atoms with Crippen LogP contribution < -0.4 is 9.64 Å². The van der Waals surface area contributed by atoms with Gasteiger partial charge in [-0.2, -0.15) is 0 Å². The minimum atomic E-state index is -0.509. The molecule has 0 radical (unpaired) electrons. The fourth-order valence-corrected chi connectivity index (χ4v) is 3.86. The predicted molar refractivity (Wildman–Crippen MR) is 131 cm³/mol. The zero-order chi connectivity index (χ0) is 23.6. The van der Waals surface area contributed by atoms with E-state index in [2.05, 4.69) is 11.8 Å². The molecule has 0 unspecified atom stereocenters. The van der Waals surface area contributed by atoms with Gasteiger partial charge in [0.15, 0.2) is 5.70 Å². The monoisotopic (exact) mass is 445 g/mol. The molecule has 5 heteroatoms. The first-order chi connectivity index (χ1) is 16.1. The highest BCUT2D eigenvalue weighted by atomic mass is 16.5. The normalized spacial score (nSPS) is 12.8. The van der Waals surface area contributed by atoms with Crippen molar-refractivity contribution in [2.45, 2.75) is 39.5 Å². The summed E-state index contributed by atoms with van der Waals surface area (Å²) in [5.41, 5.74) is 6.16. The van der Waals surface area contributed by atoms with E-state index < -0.39 is 5.97 Å². The van der Waals surface area contributed by atoms with Gasteiger partial charge < -0.3 is 14.4 Å². The fourth-order valence-electron chi connectivity index (χ4n) is 3.86. The van der Waals surface area contributed by atoms with Gasteiger partial charge in [0.25, 0.3) is 0 Å². The maximum atomic E-state index is 13.6. The second-order valence-corrected chi connectivity index (χ2v) is 7.68. The van der Waals surface area contributed by atoms with Crippen LogP contribution in [-0.2, 0) is 9.53 Å². The largest absolute Gasteiger partial charge is 0.497 e. The lowest BCUT2D eigenvalue weighted by molar-refractivity contribution is -0.138. The second kappa shape index (κ2) is 11.9. The molecule has 1 aliphatic carbocycles. The molecule has 0 fully saturated rings. The number of ketones is 1. The summed E-state index contributed by atoms with van der Waals surface area (Å²) in [5.74, 6) is 0.0700. The Morgan fingerprint density at radius 3 is 2.30 bits per heavy atom. The van der Waals surface area contributed by atoms with Crippen molar-refractivity contribution in [1.29, 1.82) is 0 Å². The fraction of sp³-hybridized carbons (Fsp3) is 0.321. The third-order valence-corrected chi connectivity index (χ3v) is 5.56. The number of methoxy groups -OCH3 is 1. The number of benzene rings is 2. The quantitative estimate of drug-likeness (QED) is 0.209. The number of carbonyl (C=O) groups excluding carboxylic acids is 2. The van der Waals surface area contributed by atoms with Crippen molar-refractivity contribution in [3.8, 4) is 5.75 Å². The van der Waals surface area contributed by atoms with Crippen molar-refractivity contribution < 1.29 is 19.1 Å². The van der Waals surface area contributed by atoms with Gasteiger partial charge in [0.1, 0.15) is 5.75 Å². The minimum absolute atomic E-state index is 0.142. The number of esters is 1. The molecule has 0 amide bonds. The van der Waals surface area contributed by atoms with Gasteiger partial charge in [0, 0.05) is 17.8 Å². The molecule has 2 aromatic carbocycles. The number of rotatable bonds is 9. The first-order valence-corrected chi connectivity index (χ1v) is 11.5. The Balaban J connectivity index is 2.22. The van der Waals surface area contributed by atoms with Crippen LogP contribution in [0.4, 0.5) is 5.69 Å². The molecule has 0 spiro atoms. The van der Waals surface area contributed by atoms with Gasteiger partial charge in [-0.15, -0.1) is 0 Å². The van der Waals surface area contributed by atoms with Gasteiger partial charge in [0.2, 0.25) is 5.78 Å². The summed E-state index contributed by atoms with van der Waals surface area (Å²) < 4.78 is 10.6. The van der Waals surface area contributed by atoms with Crippen LogP contribution in [0.15, 0.2) is 83.2 Å². The zero-order valence-corrected chi connectivity index (χ0v) is 19.6. The lowest BCUT2D eigenvalue weighted by Crippen LogP contribution is -2.28. The van der Waals surface area contributed by atoms with Crippen LogP contribution >= 0.6 is 0 Å². The molecular formula is C28H31NO4. The van der Waals surface area contributed by atoms with E-state index in [4.69, 9.17) is 9.47 Å². The topological polar surface area (TPSA) is 55.8 Å². The average molecular weight is 446 g/mol. The molecule has 172 valence electrons. The number of likely N-dealkylation sites (N-methyl/N-ethyl adjacent to an activating group) is 1. The van der Waals surface area contributed by atoms with Crippen molar-refractivity contribution in [3.63, 3.8) is 0 Å². The SMILES string of the molecule is CCOC(=O)C(=C=C(C(=O)c1ccccc1)C1=CCCCC1)N(CC)c1ccc(OC)cc1. The summed E-state index contributed by atoms with van der Waals surface area (Å²) in [6.07, 6.45) is 5.89. The molecule has 0 aliphatic heterocycles. The van der Waals surface area contributed by atoms with E-state index in [0.717, 1.165) is 42.7 Å². The van der Waals surface area contributed by atoms with Crippen LogP contribution in [0, 0.1) is 0 Å². The zero-order valence-electron chi connectivity index (χ0n) is 19.6. The van der Waals surface area contributed by atoms with Crippen LogP contribution in [-0.4, -0.2) is 32.0 Å². The van der Waals surface area contributed by atoms with Gasteiger partial charge in [-0.05, 0) is 69.4 Å². The van der Waals surface area contributed by atoms with E-state index in [1.54, 1.807) is 26.2 Å². The Labute approximate surface area is 196 Å². The summed E-state index contributed by atoms with van der Waals surface area (Å²) in [4.78, 5) is 28.5. The summed E-state index contributed by atoms with van der Waals surface area (Å²) in [6.45, 7) is 4.44. The third kappa shape index (κ3) is 6.03. The van der Waals surface area contributed by atoms with Gasteiger partial charge in [0.05, 0.1) is 19.3 Å². The van der Waals surface area contributed by atoms with Crippen molar-refractivity contribution in [2.75, 3.05) is 25.2 Å². The predicted octanol–water partition coefficient (Wildman–Crippen LogP) is 5.88. The van der Waals surface area contributed by atoms with E-state index >= 15 is 0 Å². The Hall–Kier alpha value is -3.56. The van der Waals surface area contributed by atoms with Crippen LogP contribution in [0.5, 0.6) is 5.75 Å². The molecule has 0 N–H and O–H groups in total. The molecule has 0 saturated heterocycles. The number of nitrogens with zero attached hydrogens (tertiary/aromatic N) is 1. The van der Waals surface area contributed by atoms with Crippen LogP contribution in [0.3, 0.4) is 0 Å². The van der Waals surface area contributed by atoms with Crippen LogP contribution in [0.25, 0.3) is 0 Å². The standard InChI is InChI=1S/C28H31NO4/c1-4-29(23-16-18-24(32-3)19-17-23)26(28(31)33-5-2)20-25(21-12-8-6-9-13-21)27(30)22-14-10-7-11-15-22/h7,10-12,14-19H,4-6,8-9,13H2,1-3H3. The number of hydrogen-bond donors (Lipinski definition) is 0. The second-order valence-electron chi connectivity index (χ2n) is 7.68. The molecule has 2 aromatic rings. The highest BCUT2D eigenvalue weighted by Crippen LogP contribution is 2.28. The summed E-state index contributed by atoms with van der Waals surface area (Å²) in [7, 11) is 1.61. The molecule has 0 saturated carbocycles. The summed E-state index contributed by atoms with van der Waals surface area (Å²) in [6, 6.07) is 16.6. The number of Topliss-reactive ketones (excluding diaryl/α,β-unsaturated/α-hetero) is 1. The van der Waals surface area contributed by atoms with E-state index in [1.165, 1.54) is 0 Å². The highest BCUT2D eigenvalue weighted by molar-refractivity contribution is 6.12. The smallest absolute Gasteiger partial charge is 0.363 e. The lowest BCUT2D eigenvalue weighted by Gasteiger charge is -2.24. The Bertz CT molecular complexity index is 1060. The lowest BCUT2D eigenvalue weighted by atomic mass is 9.89. The molecule has 0 heterocycles. The van der Waals surface area contributed by atoms with E-state index in [0.29, 0.717) is 17.7 Å². The molecule has 1 aliphatic rings. The maximum Gasteiger partial charge on any atom is 0.363 e. The first kappa shape index (κ1) is 24.1. The average Bonchev–Trinajstić information content (AvgIpc) is 2.87. The van der Waals surface area contributed by atoms with Crippen LogP contribution in [0.2, 0.25) is 0 Å². The maximum absolute atomic E-state index is 13.6. The Morgan fingerprint density at radius 1 is 1.00 bits per heavy atom. The number of allylic oxidation sites excluding steroid dienone is 2. The molecular weight excluding hydrogens is 414 g/mol. The number of hydrogen-bond acceptors (Lipinski definition) is 5. The van der Waals surface area contributed by atoms with E-state index in [-0.39, 0.29) is 18.1 Å².